The maximum atomic E-state index is 11.4. The lowest BCUT2D eigenvalue weighted by molar-refractivity contribution is -0.386. The van der Waals surface area contributed by atoms with Gasteiger partial charge < -0.3 is 9.47 Å². The Balaban J connectivity index is 2.25. The van der Waals surface area contributed by atoms with Crippen LogP contribution in [0.25, 0.3) is 0 Å². The van der Waals surface area contributed by atoms with Gasteiger partial charge in [0.15, 0.2) is 17.6 Å². The molecule has 0 N–H and O–H groups in total. The summed E-state index contributed by atoms with van der Waals surface area (Å²) in [6.45, 7) is 5.75. The summed E-state index contributed by atoms with van der Waals surface area (Å²) in [5.41, 5.74) is 1.41. The van der Waals surface area contributed by atoms with Crippen molar-refractivity contribution in [2.75, 3.05) is 6.61 Å². The van der Waals surface area contributed by atoms with Gasteiger partial charge >= 0.3 is 5.69 Å². The van der Waals surface area contributed by atoms with Gasteiger partial charge in [0.05, 0.1) is 4.92 Å². The lowest BCUT2D eigenvalue weighted by atomic mass is 9.89. The highest BCUT2D eigenvalue weighted by atomic mass is 16.6. The van der Waals surface area contributed by atoms with Crippen LogP contribution in [0.5, 0.6) is 5.75 Å². The van der Waals surface area contributed by atoms with Crippen LogP contribution in [0.2, 0.25) is 0 Å². The Bertz CT molecular complexity index is 555. The molecule has 1 aromatic carbocycles. The van der Waals surface area contributed by atoms with E-state index in [1.165, 1.54) is 6.07 Å². The SMILES string of the molecule is CCOC1C(=O)CC1Oc1c(C)cc(C)cc1[N+](=O)[O-]. The van der Waals surface area contributed by atoms with Gasteiger partial charge in [-0.05, 0) is 31.9 Å². The van der Waals surface area contributed by atoms with Gasteiger partial charge in [0.1, 0.15) is 6.10 Å². The van der Waals surface area contributed by atoms with Gasteiger partial charge in [0.25, 0.3) is 0 Å². The Morgan fingerprint density at radius 2 is 2.10 bits per heavy atom. The number of carbonyl (C=O) groups excluding carboxylic acids is 1. The molecule has 0 spiro atoms. The van der Waals surface area contributed by atoms with E-state index in [1.54, 1.807) is 20.8 Å². The molecule has 0 aromatic heterocycles. The zero-order valence-corrected chi connectivity index (χ0v) is 11.7. The zero-order valence-electron chi connectivity index (χ0n) is 11.7. The van der Waals surface area contributed by atoms with E-state index in [0.717, 1.165) is 5.56 Å². The summed E-state index contributed by atoms with van der Waals surface area (Å²) >= 11 is 0. The molecule has 108 valence electrons. The van der Waals surface area contributed by atoms with E-state index in [1.807, 2.05) is 6.07 Å². The van der Waals surface area contributed by atoms with Crippen LogP contribution in [-0.4, -0.2) is 29.5 Å². The Morgan fingerprint density at radius 3 is 2.65 bits per heavy atom. The fourth-order valence-electron chi connectivity index (χ4n) is 2.32. The smallest absolute Gasteiger partial charge is 0.311 e. The first-order valence-corrected chi connectivity index (χ1v) is 6.50. The number of Topliss-reactive ketones (excluding diaryl/α,β-unsaturated/α-hetero) is 1. The van der Waals surface area contributed by atoms with E-state index in [4.69, 9.17) is 9.47 Å². The first kappa shape index (κ1) is 14.5. The molecule has 2 rings (SSSR count). The van der Waals surface area contributed by atoms with Crippen molar-refractivity contribution in [2.24, 2.45) is 0 Å². The normalized spacial score (nSPS) is 21.4. The highest BCUT2D eigenvalue weighted by molar-refractivity contribution is 5.90. The molecule has 6 nitrogen and oxygen atoms in total. The van der Waals surface area contributed by atoms with Gasteiger partial charge in [-0.15, -0.1) is 0 Å². The van der Waals surface area contributed by atoms with Crippen LogP contribution in [0.15, 0.2) is 12.1 Å². The average molecular weight is 279 g/mol. The summed E-state index contributed by atoms with van der Waals surface area (Å²) in [5, 5.41) is 11.1. The van der Waals surface area contributed by atoms with Crippen molar-refractivity contribution in [2.45, 2.75) is 39.4 Å². The maximum absolute atomic E-state index is 11.4. The zero-order chi connectivity index (χ0) is 14.9. The third-order valence-electron chi connectivity index (χ3n) is 3.27. The molecule has 0 radical (unpaired) electrons. The lowest BCUT2D eigenvalue weighted by Gasteiger charge is -2.34. The fraction of sp³-hybridized carbons (Fsp3) is 0.500. The van der Waals surface area contributed by atoms with Crippen molar-refractivity contribution < 1.29 is 19.2 Å². The average Bonchev–Trinajstić information content (AvgIpc) is 2.37. The summed E-state index contributed by atoms with van der Waals surface area (Å²) in [4.78, 5) is 22.1. The molecule has 0 saturated heterocycles. The molecule has 2 atom stereocenters. The number of nitrogens with zero attached hydrogens (tertiary/aromatic N) is 1. The van der Waals surface area contributed by atoms with E-state index in [2.05, 4.69) is 0 Å². The van der Waals surface area contributed by atoms with Crippen LogP contribution in [0, 0.1) is 24.0 Å². The van der Waals surface area contributed by atoms with E-state index in [-0.39, 0.29) is 23.6 Å². The quantitative estimate of drug-likeness (QED) is 0.610. The monoisotopic (exact) mass is 279 g/mol. The number of hydrogen-bond donors (Lipinski definition) is 0. The predicted octanol–water partition coefficient (Wildman–Crippen LogP) is 2.34. The summed E-state index contributed by atoms with van der Waals surface area (Å²) in [6.07, 6.45) is -0.822. The van der Waals surface area contributed by atoms with Gasteiger partial charge in [0.2, 0.25) is 0 Å². The summed E-state index contributed by atoms with van der Waals surface area (Å²) in [6, 6.07) is 3.29. The summed E-state index contributed by atoms with van der Waals surface area (Å²) < 4.78 is 11.0. The van der Waals surface area contributed by atoms with Gasteiger partial charge in [-0.2, -0.15) is 0 Å². The van der Waals surface area contributed by atoms with E-state index in [9.17, 15) is 14.9 Å². The first-order chi connectivity index (χ1) is 9.43. The molecule has 0 amide bonds. The Morgan fingerprint density at radius 1 is 1.40 bits per heavy atom. The number of aryl methyl sites for hydroxylation is 2. The van der Waals surface area contributed by atoms with Gasteiger partial charge in [-0.3, -0.25) is 14.9 Å². The number of nitro groups is 1. The number of nitro benzene ring substituents is 1. The molecule has 2 unspecified atom stereocenters. The first-order valence-electron chi connectivity index (χ1n) is 6.50. The maximum Gasteiger partial charge on any atom is 0.311 e. The van der Waals surface area contributed by atoms with Crippen LogP contribution in [0.1, 0.15) is 24.5 Å². The second-order valence-electron chi connectivity index (χ2n) is 4.89. The Hall–Kier alpha value is -1.95. The van der Waals surface area contributed by atoms with Gasteiger partial charge in [-0.1, -0.05) is 6.07 Å². The van der Waals surface area contributed by atoms with Crippen molar-refractivity contribution in [3.05, 3.63) is 33.4 Å². The number of rotatable bonds is 5. The lowest BCUT2D eigenvalue weighted by Crippen LogP contribution is -2.52. The van der Waals surface area contributed by atoms with Crippen molar-refractivity contribution >= 4 is 11.5 Å². The van der Waals surface area contributed by atoms with E-state index < -0.39 is 17.1 Å². The fourth-order valence-corrected chi connectivity index (χ4v) is 2.32. The number of benzene rings is 1. The number of carbonyl (C=O) groups is 1. The third kappa shape index (κ3) is 2.65. The van der Waals surface area contributed by atoms with E-state index in [0.29, 0.717) is 12.2 Å². The third-order valence-corrected chi connectivity index (χ3v) is 3.27. The molecule has 1 aliphatic carbocycles. The Labute approximate surface area is 116 Å². The molecule has 1 aliphatic rings. The largest absolute Gasteiger partial charge is 0.480 e. The van der Waals surface area contributed by atoms with Crippen molar-refractivity contribution in [3.63, 3.8) is 0 Å². The predicted molar refractivity (Wildman–Crippen MR) is 72.0 cm³/mol. The molecule has 6 heteroatoms. The topological polar surface area (TPSA) is 78.7 Å². The molecule has 0 bridgehead atoms. The van der Waals surface area contributed by atoms with Gasteiger partial charge in [-0.25, -0.2) is 0 Å². The summed E-state index contributed by atoms with van der Waals surface area (Å²) in [7, 11) is 0. The molecule has 1 aromatic rings. The van der Waals surface area contributed by atoms with E-state index >= 15 is 0 Å². The van der Waals surface area contributed by atoms with Crippen LogP contribution >= 0.6 is 0 Å². The minimum absolute atomic E-state index is 0.0238. The number of hydrogen-bond acceptors (Lipinski definition) is 5. The van der Waals surface area contributed by atoms with Crippen molar-refractivity contribution in [1.82, 2.24) is 0 Å². The highest BCUT2D eigenvalue weighted by Gasteiger charge is 2.43. The molecular formula is C14H17NO5. The van der Waals surface area contributed by atoms with Crippen molar-refractivity contribution in [1.29, 1.82) is 0 Å². The number of ether oxygens (including phenoxy) is 2. The molecule has 0 heterocycles. The molecule has 1 saturated carbocycles. The second kappa shape index (κ2) is 5.58. The Kier molecular flexibility index (Phi) is 4.04. The summed E-state index contributed by atoms with van der Waals surface area (Å²) in [5.74, 6) is 0.201. The van der Waals surface area contributed by atoms with Gasteiger partial charge in [0, 0.05) is 19.1 Å². The number of ketones is 1. The van der Waals surface area contributed by atoms with Crippen LogP contribution in [-0.2, 0) is 9.53 Å². The minimum Gasteiger partial charge on any atom is -0.480 e. The van der Waals surface area contributed by atoms with Crippen LogP contribution in [0.4, 0.5) is 5.69 Å². The standard InChI is InChI=1S/C14H17NO5/c1-4-19-14-11(16)7-12(14)20-13-9(3)5-8(2)6-10(13)15(17)18/h5-6,12,14H,4,7H2,1-3H3. The highest BCUT2D eigenvalue weighted by Crippen LogP contribution is 2.35. The van der Waals surface area contributed by atoms with Crippen molar-refractivity contribution in [3.8, 4) is 5.75 Å². The molecule has 0 aliphatic heterocycles. The molecule has 1 fully saturated rings. The van der Waals surface area contributed by atoms with Crippen LogP contribution < -0.4 is 4.74 Å². The second-order valence-corrected chi connectivity index (χ2v) is 4.89. The minimum atomic E-state index is -0.611. The van der Waals surface area contributed by atoms with Crippen LogP contribution in [0.3, 0.4) is 0 Å². The molecule has 20 heavy (non-hydrogen) atoms. The molecular weight excluding hydrogens is 262 g/mol.